The molecule has 1 heteroatoms. The van der Waals surface area contributed by atoms with Crippen molar-refractivity contribution in [3.63, 3.8) is 0 Å². The summed E-state index contributed by atoms with van der Waals surface area (Å²) in [6.45, 7) is 2.23. The van der Waals surface area contributed by atoms with Gasteiger partial charge in [0.1, 0.15) is 0 Å². The Labute approximate surface area is 67.9 Å². The van der Waals surface area contributed by atoms with Crippen LogP contribution in [0.1, 0.15) is 19.8 Å². The van der Waals surface area contributed by atoms with Gasteiger partial charge in [-0.3, -0.25) is 0 Å². The fourth-order valence-corrected chi connectivity index (χ4v) is 1.94. The minimum absolute atomic E-state index is 0.394. The molecule has 0 heterocycles. The third-order valence-corrected chi connectivity index (χ3v) is 2.68. The molecule has 0 saturated carbocycles. The predicted octanol–water partition coefficient (Wildman–Crippen LogP) is 2.62. The van der Waals surface area contributed by atoms with Crippen LogP contribution in [0.5, 0.6) is 0 Å². The summed E-state index contributed by atoms with van der Waals surface area (Å²) in [6, 6.07) is 0. The van der Waals surface area contributed by atoms with Crippen LogP contribution in [0.25, 0.3) is 0 Å². The van der Waals surface area contributed by atoms with Gasteiger partial charge in [0.15, 0.2) is 0 Å². The van der Waals surface area contributed by atoms with Crippen molar-refractivity contribution >= 4 is 0 Å². The molecule has 0 aromatic rings. The Morgan fingerprint density at radius 3 is 2.33 bits per heavy atom. The van der Waals surface area contributed by atoms with E-state index in [1.165, 1.54) is 12.8 Å². The predicted molar refractivity (Wildman–Crippen MR) is 35.9 cm³/mol. The zero-order valence-corrected chi connectivity index (χ0v) is 7.64. The fraction of sp³-hybridized carbons (Fsp3) is 0.500. The third-order valence-electron chi connectivity index (χ3n) is 1.51. The van der Waals surface area contributed by atoms with Crippen molar-refractivity contribution < 1.29 is 19.8 Å². The third kappa shape index (κ3) is 1.79. The van der Waals surface area contributed by atoms with E-state index >= 15 is 0 Å². The maximum absolute atomic E-state index is 2.28. The SMILES string of the molecule is CCC[C]1([Mo])C=CC=C1. The van der Waals surface area contributed by atoms with Crippen molar-refractivity contribution in [3.05, 3.63) is 24.3 Å². The molecule has 0 fully saturated rings. The average Bonchev–Trinajstić information content (AvgIpc) is 2.16. The van der Waals surface area contributed by atoms with E-state index in [-0.39, 0.29) is 0 Å². The van der Waals surface area contributed by atoms with E-state index in [2.05, 4.69) is 51.0 Å². The Balaban J connectivity index is 2.53. The van der Waals surface area contributed by atoms with E-state index in [0.717, 1.165) is 0 Å². The van der Waals surface area contributed by atoms with Gasteiger partial charge in [0.05, 0.1) is 0 Å². The maximum atomic E-state index is 2.28. The summed E-state index contributed by atoms with van der Waals surface area (Å²) < 4.78 is 0.394. The van der Waals surface area contributed by atoms with Crippen LogP contribution in [-0.4, -0.2) is 0 Å². The van der Waals surface area contributed by atoms with E-state index in [0.29, 0.717) is 3.80 Å². The molecule has 0 aromatic carbocycles. The van der Waals surface area contributed by atoms with Gasteiger partial charge in [-0.25, -0.2) is 0 Å². The summed E-state index contributed by atoms with van der Waals surface area (Å²) >= 11 is 2.20. The quantitative estimate of drug-likeness (QED) is 0.605. The molecule has 0 nitrogen and oxygen atoms in total. The number of allylic oxidation sites excluding steroid dienone is 4. The average molecular weight is 203 g/mol. The van der Waals surface area contributed by atoms with Crippen molar-refractivity contribution in [1.82, 2.24) is 0 Å². The van der Waals surface area contributed by atoms with Gasteiger partial charge in [-0.15, -0.1) is 0 Å². The Morgan fingerprint density at radius 1 is 1.33 bits per heavy atom. The summed E-state index contributed by atoms with van der Waals surface area (Å²) in [4.78, 5) is 0. The van der Waals surface area contributed by atoms with E-state index in [1.807, 2.05) is 0 Å². The summed E-state index contributed by atoms with van der Waals surface area (Å²) in [5.41, 5.74) is 0. The van der Waals surface area contributed by atoms with Crippen LogP contribution in [0.4, 0.5) is 0 Å². The Hall–Kier alpha value is 0.168. The van der Waals surface area contributed by atoms with Crippen LogP contribution < -0.4 is 0 Å². The van der Waals surface area contributed by atoms with E-state index < -0.39 is 0 Å². The molecular weight excluding hydrogens is 192 g/mol. The van der Waals surface area contributed by atoms with Crippen molar-refractivity contribution in [3.8, 4) is 0 Å². The summed E-state index contributed by atoms with van der Waals surface area (Å²) in [6.07, 6.45) is 11.4. The topological polar surface area (TPSA) is 0 Å². The van der Waals surface area contributed by atoms with Gasteiger partial charge in [-0.05, 0) is 0 Å². The molecule has 0 saturated heterocycles. The first-order chi connectivity index (χ1) is 4.27. The van der Waals surface area contributed by atoms with Crippen LogP contribution in [0, 0.1) is 0 Å². The molecule has 0 aliphatic heterocycles. The summed E-state index contributed by atoms with van der Waals surface area (Å²) in [5, 5.41) is 0. The summed E-state index contributed by atoms with van der Waals surface area (Å²) in [5.74, 6) is 0. The molecule has 9 heavy (non-hydrogen) atoms. The fourth-order valence-electron chi connectivity index (χ4n) is 1.05. The van der Waals surface area contributed by atoms with E-state index in [9.17, 15) is 0 Å². The van der Waals surface area contributed by atoms with Gasteiger partial charge in [0.25, 0.3) is 0 Å². The molecule has 0 atom stereocenters. The second kappa shape index (κ2) is 2.83. The zero-order chi connectivity index (χ0) is 6.74. The zero-order valence-electron chi connectivity index (χ0n) is 5.63. The molecule has 1 aliphatic carbocycles. The van der Waals surface area contributed by atoms with Gasteiger partial charge in [0, 0.05) is 0 Å². The second-order valence-corrected chi connectivity index (χ2v) is 4.29. The van der Waals surface area contributed by atoms with Crippen molar-refractivity contribution in [2.45, 2.75) is 23.6 Å². The standard InChI is InChI=1S/C8H11.Mo/c1-2-5-8-6-3-4-7-8;/h3-4,6-7H,2,5H2,1H3;. The van der Waals surface area contributed by atoms with E-state index in [4.69, 9.17) is 0 Å². The Kier molecular flexibility index (Phi) is 2.29. The summed E-state index contributed by atoms with van der Waals surface area (Å²) in [7, 11) is 0. The monoisotopic (exact) mass is 205 g/mol. The first kappa shape index (κ1) is 7.28. The van der Waals surface area contributed by atoms with Gasteiger partial charge < -0.3 is 0 Å². The molecule has 1 rings (SSSR count). The van der Waals surface area contributed by atoms with Gasteiger partial charge in [0.2, 0.25) is 0 Å². The number of rotatable bonds is 2. The molecule has 0 aromatic heterocycles. The molecule has 0 amide bonds. The van der Waals surface area contributed by atoms with E-state index in [1.54, 1.807) is 0 Å². The molecule has 0 N–H and O–H groups in total. The second-order valence-electron chi connectivity index (χ2n) is 2.42. The Bertz CT molecular complexity index is 133. The van der Waals surface area contributed by atoms with Crippen molar-refractivity contribution in [2.75, 3.05) is 0 Å². The number of hydrogen-bond donors (Lipinski definition) is 0. The van der Waals surface area contributed by atoms with Crippen LogP contribution in [-0.2, 0) is 19.8 Å². The molecule has 0 spiro atoms. The molecule has 1 aliphatic rings. The molecule has 0 bridgehead atoms. The van der Waals surface area contributed by atoms with Gasteiger partial charge in [-0.2, -0.15) is 0 Å². The van der Waals surface area contributed by atoms with Gasteiger partial charge in [-0.1, -0.05) is 0 Å². The van der Waals surface area contributed by atoms with Crippen molar-refractivity contribution in [2.24, 2.45) is 0 Å². The first-order valence-electron chi connectivity index (χ1n) is 3.34. The normalized spacial score (nSPS) is 21.0. The number of hydrogen-bond acceptors (Lipinski definition) is 0. The Morgan fingerprint density at radius 2 is 1.89 bits per heavy atom. The molecule has 49 valence electrons. The van der Waals surface area contributed by atoms with Crippen LogP contribution in [0.3, 0.4) is 0 Å². The van der Waals surface area contributed by atoms with Gasteiger partial charge >= 0.3 is 67.7 Å². The molecule has 0 radical (unpaired) electrons. The molecule has 0 unspecified atom stereocenters. The first-order valence-corrected chi connectivity index (χ1v) is 4.35. The van der Waals surface area contributed by atoms with Crippen LogP contribution in [0.15, 0.2) is 24.3 Å². The van der Waals surface area contributed by atoms with Crippen LogP contribution in [0.2, 0.25) is 3.80 Å². The van der Waals surface area contributed by atoms with Crippen LogP contribution >= 0.6 is 0 Å². The molecular formula is C8H11Mo. The minimum atomic E-state index is 0.394. The van der Waals surface area contributed by atoms with Crippen molar-refractivity contribution in [1.29, 1.82) is 0 Å².